The van der Waals surface area contributed by atoms with Gasteiger partial charge in [-0.1, -0.05) is 55.3 Å². The minimum Gasteiger partial charge on any atom is -0.488 e. The van der Waals surface area contributed by atoms with Crippen LogP contribution in [0, 0.1) is 5.82 Å². The quantitative estimate of drug-likeness (QED) is 0.294. The highest BCUT2D eigenvalue weighted by atomic mass is 19.4. The average molecular weight is 542 g/mol. The lowest BCUT2D eigenvalue weighted by molar-refractivity contribution is -0.137. The lowest BCUT2D eigenvalue weighted by Crippen LogP contribution is -2.41. The first-order valence-electron chi connectivity index (χ1n) is 13.4. The molecule has 208 valence electrons. The van der Waals surface area contributed by atoms with Crippen molar-refractivity contribution < 1.29 is 27.1 Å². The minimum atomic E-state index is -4.74. The first kappa shape index (κ1) is 28.7. The van der Waals surface area contributed by atoms with Crippen LogP contribution in [-0.2, 0) is 22.8 Å². The predicted octanol–water partition coefficient (Wildman–Crippen LogP) is 8.00. The molecule has 3 aromatic rings. The van der Waals surface area contributed by atoms with E-state index in [1.54, 1.807) is 24.3 Å². The second-order valence-electron chi connectivity index (χ2n) is 11.4. The standard InChI is InChI=1S/C32H35F4NO2/c1-30(2,3)39-28-15-13-23(14-16-28)31(20-22-9-5-4-6-10-22,21-29(38)37-27-11-7-8-12-27)24-17-25(32(34,35)36)19-26(33)18-24/h4-6,9-10,13-19,27H,7-8,11-12,20-21H2,1-3H3,(H,37,38). The molecule has 7 heteroatoms. The van der Waals surface area contributed by atoms with Gasteiger partial charge in [0, 0.05) is 17.9 Å². The Kier molecular flexibility index (Phi) is 8.38. The van der Waals surface area contributed by atoms with E-state index in [2.05, 4.69) is 5.32 Å². The lowest BCUT2D eigenvalue weighted by atomic mass is 9.67. The van der Waals surface area contributed by atoms with E-state index in [-0.39, 0.29) is 30.4 Å². The first-order valence-corrected chi connectivity index (χ1v) is 13.4. The fourth-order valence-electron chi connectivity index (χ4n) is 5.43. The number of carbonyl (C=O) groups is 1. The summed E-state index contributed by atoms with van der Waals surface area (Å²) in [6, 6.07) is 18.9. The van der Waals surface area contributed by atoms with Crippen LogP contribution in [0.4, 0.5) is 17.6 Å². The van der Waals surface area contributed by atoms with Crippen LogP contribution in [0.2, 0.25) is 0 Å². The normalized spacial score (nSPS) is 16.1. The van der Waals surface area contributed by atoms with Crippen molar-refractivity contribution >= 4 is 5.91 Å². The Labute approximate surface area is 227 Å². The van der Waals surface area contributed by atoms with Crippen LogP contribution in [0.25, 0.3) is 0 Å². The van der Waals surface area contributed by atoms with Gasteiger partial charge >= 0.3 is 6.18 Å². The summed E-state index contributed by atoms with van der Waals surface area (Å²) in [6.45, 7) is 5.75. The predicted molar refractivity (Wildman–Crippen MR) is 144 cm³/mol. The number of carbonyl (C=O) groups excluding carboxylic acids is 1. The summed E-state index contributed by atoms with van der Waals surface area (Å²) < 4.78 is 62.3. The maximum Gasteiger partial charge on any atom is 0.416 e. The van der Waals surface area contributed by atoms with Crippen molar-refractivity contribution in [3.63, 3.8) is 0 Å². The van der Waals surface area contributed by atoms with Gasteiger partial charge in [0.25, 0.3) is 0 Å². The molecule has 0 aromatic heterocycles. The number of amides is 1. The summed E-state index contributed by atoms with van der Waals surface area (Å²) >= 11 is 0. The van der Waals surface area contributed by atoms with E-state index < -0.39 is 28.6 Å². The summed E-state index contributed by atoms with van der Waals surface area (Å²) in [5, 5.41) is 3.08. The molecule has 1 atom stereocenters. The molecule has 1 aliphatic carbocycles. The van der Waals surface area contributed by atoms with Gasteiger partial charge in [0.15, 0.2) is 0 Å². The van der Waals surface area contributed by atoms with Gasteiger partial charge in [-0.15, -0.1) is 0 Å². The molecule has 0 bridgehead atoms. The Morgan fingerprint density at radius 1 is 0.872 bits per heavy atom. The van der Waals surface area contributed by atoms with Crippen LogP contribution in [0.15, 0.2) is 72.8 Å². The maximum atomic E-state index is 14.8. The maximum absolute atomic E-state index is 14.8. The zero-order valence-electron chi connectivity index (χ0n) is 22.6. The largest absolute Gasteiger partial charge is 0.488 e. The van der Waals surface area contributed by atoms with Crippen molar-refractivity contribution in [2.75, 3.05) is 0 Å². The topological polar surface area (TPSA) is 38.3 Å². The fraction of sp³-hybridized carbons (Fsp3) is 0.406. The summed E-state index contributed by atoms with van der Waals surface area (Å²) in [7, 11) is 0. The van der Waals surface area contributed by atoms with Crippen LogP contribution in [0.1, 0.15) is 75.1 Å². The summed E-state index contributed by atoms with van der Waals surface area (Å²) in [4.78, 5) is 13.5. The zero-order valence-corrected chi connectivity index (χ0v) is 22.6. The average Bonchev–Trinajstić information content (AvgIpc) is 3.35. The van der Waals surface area contributed by atoms with E-state index >= 15 is 0 Å². The van der Waals surface area contributed by atoms with Crippen molar-refractivity contribution in [1.29, 1.82) is 0 Å². The van der Waals surface area contributed by atoms with Crippen LogP contribution in [0.3, 0.4) is 0 Å². The number of nitrogens with one attached hydrogen (secondary N) is 1. The molecule has 3 aromatic carbocycles. The molecule has 3 nitrogen and oxygen atoms in total. The van der Waals surface area contributed by atoms with Gasteiger partial charge in [-0.3, -0.25) is 4.79 Å². The smallest absolute Gasteiger partial charge is 0.416 e. The molecule has 1 amide bonds. The van der Waals surface area contributed by atoms with Crippen molar-refractivity contribution in [3.05, 3.63) is 101 Å². The first-order chi connectivity index (χ1) is 18.3. The Morgan fingerprint density at radius 2 is 1.49 bits per heavy atom. The van der Waals surface area contributed by atoms with Gasteiger partial charge in [-0.25, -0.2) is 4.39 Å². The number of rotatable bonds is 8. The third-order valence-corrected chi connectivity index (χ3v) is 7.14. The van der Waals surface area contributed by atoms with E-state index in [1.807, 2.05) is 51.1 Å². The molecule has 39 heavy (non-hydrogen) atoms. The third kappa shape index (κ3) is 7.40. The summed E-state index contributed by atoms with van der Waals surface area (Å²) in [5.41, 5.74) is -1.28. The van der Waals surface area contributed by atoms with Crippen LogP contribution < -0.4 is 10.1 Å². The van der Waals surface area contributed by atoms with Crippen LogP contribution in [-0.4, -0.2) is 17.6 Å². The lowest BCUT2D eigenvalue weighted by Gasteiger charge is -2.36. The summed E-state index contributed by atoms with van der Waals surface area (Å²) in [5.74, 6) is -0.683. The number of alkyl halides is 3. The van der Waals surface area contributed by atoms with Gasteiger partial charge in [-0.05, 0) is 87.1 Å². The van der Waals surface area contributed by atoms with Crippen molar-refractivity contribution in [1.82, 2.24) is 5.32 Å². The summed E-state index contributed by atoms with van der Waals surface area (Å²) in [6.07, 6.45) is -0.901. The molecule has 1 fully saturated rings. The second-order valence-corrected chi connectivity index (χ2v) is 11.4. The number of hydrogen-bond acceptors (Lipinski definition) is 2. The second kappa shape index (κ2) is 11.4. The van der Waals surface area contributed by atoms with E-state index in [9.17, 15) is 22.4 Å². The molecule has 1 saturated carbocycles. The van der Waals surface area contributed by atoms with Gasteiger partial charge in [0.05, 0.1) is 5.56 Å². The monoisotopic (exact) mass is 541 g/mol. The van der Waals surface area contributed by atoms with Gasteiger partial charge in [0.1, 0.15) is 17.2 Å². The van der Waals surface area contributed by atoms with Crippen LogP contribution in [0.5, 0.6) is 5.75 Å². The zero-order chi connectivity index (χ0) is 28.3. The Hall–Kier alpha value is -3.35. The van der Waals surface area contributed by atoms with Gasteiger partial charge < -0.3 is 10.1 Å². The Bertz CT molecular complexity index is 1260. The number of halogens is 4. The highest BCUT2D eigenvalue weighted by Crippen LogP contribution is 2.43. The molecule has 1 aliphatic rings. The Morgan fingerprint density at radius 3 is 2.08 bits per heavy atom. The fourth-order valence-corrected chi connectivity index (χ4v) is 5.43. The number of benzene rings is 3. The molecule has 4 rings (SSSR count). The Balaban J connectivity index is 1.88. The molecule has 1 unspecified atom stereocenters. The van der Waals surface area contributed by atoms with Gasteiger partial charge in [-0.2, -0.15) is 13.2 Å². The van der Waals surface area contributed by atoms with Crippen molar-refractivity contribution in [3.8, 4) is 5.75 Å². The third-order valence-electron chi connectivity index (χ3n) is 7.14. The molecular formula is C32H35F4NO2. The highest BCUT2D eigenvalue weighted by Gasteiger charge is 2.40. The molecule has 0 radical (unpaired) electrons. The minimum absolute atomic E-state index is 0.0349. The number of ether oxygens (including phenoxy) is 1. The molecule has 0 saturated heterocycles. The van der Waals surface area contributed by atoms with Crippen molar-refractivity contribution in [2.45, 2.75) is 82.5 Å². The SMILES string of the molecule is CC(C)(C)Oc1ccc(C(CC(=O)NC2CCCC2)(Cc2ccccc2)c2cc(F)cc(C(F)(F)F)c2)cc1. The van der Waals surface area contributed by atoms with Gasteiger partial charge in [0.2, 0.25) is 5.91 Å². The molecule has 0 spiro atoms. The highest BCUT2D eigenvalue weighted by molar-refractivity contribution is 5.79. The van der Waals surface area contributed by atoms with Crippen molar-refractivity contribution in [2.24, 2.45) is 0 Å². The molecule has 1 N–H and O–H groups in total. The van der Waals surface area contributed by atoms with E-state index in [0.717, 1.165) is 43.4 Å². The molecular weight excluding hydrogens is 506 g/mol. The van der Waals surface area contributed by atoms with E-state index in [4.69, 9.17) is 4.74 Å². The number of hydrogen-bond donors (Lipinski definition) is 1. The molecule has 0 aliphatic heterocycles. The van der Waals surface area contributed by atoms with E-state index in [1.165, 1.54) is 0 Å². The van der Waals surface area contributed by atoms with E-state index in [0.29, 0.717) is 17.4 Å². The van der Waals surface area contributed by atoms with Crippen LogP contribution >= 0.6 is 0 Å². The molecule has 0 heterocycles.